The zero-order valence-electron chi connectivity index (χ0n) is 16.3. The van der Waals surface area contributed by atoms with Crippen LogP contribution in [0.2, 0.25) is 0 Å². The molecule has 0 spiro atoms. The van der Waals surface area contributed by atoms with Crippen LogP contribution in [0.3, 0.4) is 0 Å². The summed E-state index contributed by atoms with van der Waals surface area (Å²) in [5.74, 6) is 1.36. The Labute approximate surface area is 160 Å². The number of ether oxygens (including phenoxy) is 2. The van der Waals surface area contributed by atoms with Gasteiger partial charge in [-0.2, -0.15) is 0 Å². The molecular weight excluding hydrogens is 346 g/mol. The summed E-state index contributed by atoms with van der Waals surface area (Å²) >= 11 is 1.61. The fraction of sp³-hybridized carbons (Fsp3) is 0.381. The molecule has 2 aromatic carbocycles. The van der Waals surface area contributed by atoms with Crippen molar-refractivity contribution in [3.8, 4) is 11.5 Å². The third-order valence-corrected chi connectivity index (χ3v) is 5.63. The van der Waals surface area contributed by atoms with Crippen molar-refractivity contribution < 1.29 is 14.3 Å². The lowest BCUT2D eigenvalue weighted by Gasteiger charge is -2.16. The Balaban J connectivity index is 2.00. The molecule has 0 aliphatic carbocycles. The Morgan fingerprint density at radius 2 is 1.65 bits per heavy atom. The zero-order valence-corrected chi connectivity index (χ0v) is 17.1. The van der Waals surface area contributed by atoms with Gasteiger partial charge in [-0.05, 0) is 56.5 Å². The van der Waals surface area contributed by atoms with Crippen molar-refractivity contribution in [2.24, 2.45) is 0 Å². The molecule has 1 N–H and O–H groups in total. The topological polar surface area (TPSA) is 47.6 Å². The monoisotopic (exact) mass is 373 g/mol. The summed E-state index contributed by atoms with van der Waals surface area (Å²) in [5.41, 5.74) is 4.64. The van der Waals surface area contributed by atoms with Gasteiger partial charge in [0.15, 0.2) is 11.5 Å². The molecule has 0 bridgehead atoms. The highest BCUT2D eigenvalue weighted by Gasteiger charge is 2.17. The summed E-state index contributed by atoms with van der Waals surface area (Å²) in [4.78, 5) is 13.7. The van der Waals surface area contributed by atoms with E-state index in [2.05, 4.69) is 38.2 Å². The molecule has 0 aliphatic rings. The second-order valence-corrected chi connectivity index (χ2v) is 7.75. The van der Waals surface area contributed by atoms with E-state index in [1.165, 1.54) is 21.6 Å². The lowest BCUT2D eigenvalue weighted by Crippen LogP contribution is -2.30. The maximum atomic E-state index is 12.5. The minimum absolute atomic E-state index is 0.0177. The standard InChI is InChI=1S/C21H27NO3S/c1-13-9-14(2)20(15(3)10-13)26-16(4)21(23)22-12-17-7-8-18(24-5)19(11-17)25-6/h7-11,16H,12H2,1-6H3,(H,22,23)/t16-/m0/s1. The Morgan fingerprint density at radius 1 is 1.04 bits per heavy atom. The van der Waals surface area contributed by atoms with Crippen molar-refractivity contribution in [1.29, 1.82) is 0 Å². The van der Waals surface area contributed by atoms with Crippen molar-refractivity contribution in [2.45, 2.75) is 44.4 Å². The van der Waals surface area contributed by atoms with Gasteiger partial charge in [0.1, 0.15) is 0 Å². The van der Waals surface area contributed by atoms with E-state index in [1.54, 1.807) is 26.0 Å². The fourth-order valence-corrected chi connectivity index (χ4v) is 3.94. The van der Waals surface area contributed by atoms with Crippen LogP contribution in [0.1, 0.15) is 29.2 Å². The summed E-state index contributed by atoms with van der Waals surface area (Å²) in [5, 5.41) is 2.83. The summed E-state index contributed by atoms with van der Waals surface area (Å²) < 4.78 is 10.5. The first-order valence-corrected chi connectivity index (χ1v) is 9.46. The second kappa shape index (κ2) is 8.99. The number of thioether (sulfide) groups is 1. The average Bonchev–Trinajstić information content (AvgIpc) is 2.61. The molecule has 0 aliphatic heterocycles. The summed E-state index contributed by atoms with van der Waals surface area (Å²) in [6, 6.07) is 9.96. The number of methoxy groups -OCH3 is 2. The van der Waals surface area contributed by atoms with Gasteiger partial charge in [0.25, 0.3) is 0 Å². The maximum absolute atomic E-state index is 12.5. The van der Waals surface area contributed by atoms with E-state index < -0.39 is 0 Å². The van der Waals surface area contributed by atoms with Crippen LogP contribution >= 0.6 is 11.8 Å². The van der Waals surface area contributed by atoms with Crippen molar-refractivity contribution in [3.63, 3.8) is 0 Å². The van der Waals surface area contributed by atoms with Gasteiger partial charge in [0, 0.05) is 11.4 Å². The molecule has 2 aromatic rings. The number of nitrogens with one attached hydrogen (secondary N) is 1. The van der Waals surface area contributed by atoms with E-state index in [9.17, 15) is 4.79 Å². The molecule has 5 heteroatoms. The highest BCUT2D eigenvalue weighted by Crippen LogP contribution is 2.31. The molecule has 0 heterocycles. The molecule has 0 saturated heterocycles. The van der Waals surface area contributed by atoms with Crippen LogP contribution in [0.4, 0.5) is 0 Å². The molecule has 2 rings (SSSR count). The Hall–Kier alpha value is -2.14. The van der Waals surface area contributed by atoms with E-state index in [0.29, 0.717) is 18.0 Å². The van der Waals surface area contributed by atoms with E-state index >= 15 is 0 Å². The third-order valence-electron chi connectivity index (χ3n) is 4.18. The zero-order chi connectivity index (χ0) is 19.3. The molecule has 0 aromatic heterocycles. The number of amides is 1. The van der Waals surface area contributed by atoms with Gasteiger partial charge in [-0.15, -0.1) is 11.8 Å². The first-order valence-electron chi connectivity index (χ1n) is 8.58. The van der Waals surface area contributed by atoms with Gasteiger partial charge in [-0.25, -0.2) is 0 Å². The predicted molar refractivity (Wildman–Crippen MR) is 107 cm³/mol. The number of aryl methyl sites for hydroxylation is 3. The lowest BCUT2D eigenvalue weighted by atomic mass is 10.1. The van der Waals surface area contributed by atoms with E-state index in [-0.39, 0.29) is 11.2 Å². The normalized spacial score (nSPS) is 11.8. The van der Waals surface area contributed by atoms with Crippen molar-refractivity contribution in [2.75, 3.05) is 14.2 Å². The summed E-state index contributed by atoms with van der Waals surface area (Å²) in [6.45, 7) is 8.67. The largest absolute Gasteiger partial charge is 0.493 e. The second-order valence-electron chi connectivity index (χ2n) is 6.40. The van der Waals surface area contributed by atoms with Crippen LogP contribution < -0.4 is 14.8 Å². The van der Waals surface area contributed by atoms with Crippen LogP contribution in [-0.2, 0) is 11.3 Å². The maximum Gasteiger partial charge on any atom is 0.233 e. The van der Waals surface area contributed by atoms with Crippen LogP contribution in [-0.4, -0.2) is 25.4 Å². The van der Waals surface area contributed by atoms with Crippen LogP contribution in [0.15, 0.2) is 35.2 Å². The smallest absolute Gasteiger partial charge is 0.233 e. The molecule has 1 atom stereocenters. The van der Waals surface area contributed by atoms with E-state index in [0.717, 1.165) is 5.56 Å². The fourth-order valence-electron chi connectivity index (χ4n) is 2.91. The number of hydrogen-bond donors (Lipinski definition) is 1. The molecule has 1 amide bonds. The van der Waals surface area contributed by atoms with Crippen LogP contribution in [0.5, 0.6) is 11.5 Å². The Morgan fingerprint density at radius 3 is 2.23 bits per heavy atom. The molecule has 0 fully saturated rings. The number of hydrogen-bond acceptors (Lipinski definition) is 4. The number of carbonyl (C=O) groups is 1. The molecule has 26 heavy (non-hydrogen) atoms. The predicted octanol–water partition coefficient (Wildman–Crippen LogP) is 4.43. The quantitative estimate of drug-likeness (QED) is 0.730. The van der Waals surface area contributed by atoms with Crippen molar-refractivity contribution >= 4 is 17.7 Å². The molecular formula is C21H27NO3S. The number of carbonyl (C=O) groups excluding carboxylic acids is 1. The molecule has 0 unspecified atom stereocenters. The minimum atomic E-state index is -0.171. The van der Waals surface area contributed by atoms with Gasteiger partial charge in [-0.3, -0.25) is 4.79 Å². The summed E-state index contributed by atoms with van der Waals surface area (Å²) in [7, 11) is 3.21. The first-order chi connectivity index (χ1) is 12.3. The minimum Gasteiger partial charge on any atom is -0.493 e. The van der Waals surface area contributed by atoms with Crippen LogP contribution in [0, 0.1) is 20.8 Å². The first kappa shape index (κ1) is 20.2. The highest BCUT2D eigenvalue weighted by atomic mass is 32.2. The molecule has 140 valence electrons. The highest BCUT2D eigenvalue weighted by molar-refractivity contribution is 8.00. The Bertz CT molecular complexity index is 766. The lowest BCUT2D eigenvalue weighted by molar-refractivity contribution is -0.120. The third kappa shape index (κ3) is 4.94. The van der Waals surface area contributed by atoms with E-state index in [4.69, 9.17) is 9.47 Å². The Kier molecular flexibility index (Phi) is 6.98. The van der Waals surface area contributed by atoms with Crippen molar-refractivity contribution in [1.82, 2.24) is 5.32 Å². The molecule has 0 saturated carbocycles. The van der Waals surface area contributed by atoms with Gasteiger partial charge >= 0.3 is 0 Å². The van der Waals surface area contributed by atoms with Gasteiger partial charge in [0.05, 0.1) is 19.5 Å². The molecule has 0 radical (unpaired) electrons. The molecule has 4 nitrogen and oxygen atoms in total. The van der Waals surface area contributed by atoms with Gasteiger partial charge in [-0.1, -0.05) is 23.8 Å². The van der Waals surface area contributed by atoms with Gasteiger partial charge < -0.3 is 14.8 Å². The summed E-state index contributed by atoms with van der Waals surface area (Å²) in [6.07, 6.45) is 0. The van der Waals surface area contributed by atoms with E-state index in [1.807, 2.05) is 25.1 Å². The van der Waals surface area contributed by atoms with Crippen LogP contribution in [0.25, 0.3) is 0 Å². The van der Waals surface area contributed by atoms with Crippen molar-refractivity contribution in [3.05, 3.63) is 52.6 Å². The number of rotatable bonds is 7. The average molecular weight is 374 g/mol. The SMILES string of the molecule is COc1ccc(CNC(=O)[C@H](C)Sc2c(C)cc(C)cc2C)cc1OC. The van der Waals surface area contributed by atoms with Gasteiger partial charge in [0.2, 0.25) is 5.91 Å². The number of benzene rings is 2.